The van der Waals surface area contributed by atoms with Crippen LogP contribution in [0.5, 0.6) is 0 Å². The van der Waals surface area contributed by atoms with Crippen molar-refractivity contribution >= 4 is 15.9 Å². The lowest BCUT2D eigenvalue weighted by molar-refractivity contribution is 1.58. The fourth-order valence-corrected chi connectivity index (χ4v) is 1.53. The summed E-state index contributed by atoms with van der Waals surface area (Å²) in [6.45, 7) is 0. The topological polar surface area (TPSA) is 0 Å². The van der Waals surface area contributed by atoms with Crippen molar-refractivity contribution in [3.8, 4) is 11.1 Å². The molecule has 0 bridgehead atoms. The Labute approximate surface area is 93.4 Å². The molecule has 2 aromatic rings. The minimum atomic E-state index is -0.374. The Morgan fingerprint density at radius 3 is 2.38 bits per heavy atom. The molecule has 0 saturated carbocycles. The molecule has 1 heteroatoms. The predicted octanol–water partition coefficient (Wildman–Crippen LogP) is 4.12. The van der Waals surface area contributed by atoms with Crippen LogP contribution in [0.1, 0.15) is 6.85 Å². The number of benzene rings is 2. The van der Waals surface area contributed by atoms with E-state index in [0.29, 0.717) is 10.0 Å². The normalized spacial score (nSPS) is 15.3. The monoisotopic (exact) mass is 237 g/mol. The van der Waals surface area contributed by atoms with Gasteiger partial charge in [-0.05, 0) is 17.2 Å². The van der Waals surface area contributed by atoms with E-state index in [0.717, 1.165) is 0 Å². The fourth-order valence-electron chi connectivity index (χ4n) is 1.05. The Balaban J connectivity index is 2.85. The van der Waals surface area contributed by atoms with Gasteiger partial charge in [0.15, 0.2) is 0 Å². The van der Waals surface area contributed by atoms with Crippen LogP contribution in [-0.2, 0) is 0 Å². The smallest absolute Gasteiger partial charge is 0.0622 e. The SMILES string of the molecule is [2H]c1c([2H])c([2H])c(-c2ccccc2Br)c([2H])c1[2H]. The van der Waals surface area contributed by atoms with Crippen LogP contribution < -0.4 is 0 Å². The first kappa shape index (κ1) is 4.43. The van der Waals surface area contributed by atoms with Crippen molar-refractivity contribution in [2.24, 2.45) is 0 Å². The van der Waals surface area contributed by atoms with E-state index in [1.165, 1.54) is 0 Å². The molecule has 0 heterocycles. The average Bonchev–Trinajstić information content (AvgIpc) is 2.36. The Morgan fingerprint density at radius 2 is 1.69 bits per heavy atom. The molecular weight excluding hydrogens is 224 g/mol. The largest absolute Gasteiger partial charge is 0.0629 e. The second-order valence-electron chi connectivity index (χ2n) is 2.48. The highest BCUT2D eigenvalue weighted by atomic mass is 79.9. The van der Waals surface area contributed by atoms with Gasteiger partial charge in [0.25, 0.3) is 0 Å². The van der Waals surface area contributed by atoms with Gasteiger partial charge in [-0.3, -0.25) is 0 Å². The van der Waals surface area contributed by atoms with Crippen molar-refractivity contribution in [3.05, 3.63) is 59.0 Å². The van der Waals surface area contributed by atoms with Crippen LogP contribution in [0, 0.1) is 0 Å². The molecule has 0 amide bonds. The minimum Gasteiger partial charge on any atom is -0.0622 e. The van der Waals surface area contributed by atoms with E-state index in [-0.39, 0.29) is 35.8 Å². The van der Waals surface area contributed by atoms with E-state index in [4.69, 9.17) is 6.85 Å². The number of hydrogen-bond acceptors (Lipinski definition) is 0. The van der Waals surface area contributed by atoms with Crippen LogP contribution in [0.3, 0.4) is 0 Å². The quantitative estimate of drug-likeness (QED) is 0.701. The summed E-state index contributed by atoms with van der Waals surface area (Å²) in [5.41, 5.74) is 0.808. The van der Waals surface area contributed by atoms with Crippen molar-refractivity contribution in [1.82, 2.24) is 0 Å². The molecule has 2 rings (SSSR count). The Hall–Kier alpha value is -1.08. The summed E-state index contributed by atoms with van der Waals surface area (Å²) in [5.74, 6) is 0. The summed E-state index contributed by atoms with van der Waals surface area (Å²) in [5, 5.41) is 0. The molecular formula is C12H9Br. The third-order valence-corrected chi connectivity index (χ3v) is 2.33. The van der Waals surface area contributed by atoms with E-state index >= 15 is 0 Å². The highest BCUT2D eigenvalue weighted by Gasteiger charge is 1.99. The van der Waals surface area contributed by atoms with E-state index in [1.54, 1.807) is 18.2 Å². The average molecular weight is 238 g/mol. The van der Waals surface area contributed by atoms with Gasteiger partial charge in [0, 0.05) is 4.47 Å². The molecule has 0 fully saturated rings. The molecule has 0 unspecified atom stereocenters. The van der Waals surface area contributed by atoms with E-state index in [1.807, 2.05) is 6.07 Å². The first-order valence-corrected chi connectivity index (χ1v) is 4.56. The van der Waals surface area contributed by atoms with Crippen LogP contribution >= 0.6 is 15.9 Å². The summed E-state index contributed by atoms with van der Waals surface area (Å²) < 4.78 is 39.3. The summed E-state index contributed by atoms with van der Waals surface area (Å²) in [6, 6.07) is 5.68. The molecule has 0 aliphatic rings. The number of rotatable bonds is 1. The highest BCUT2D eigenvalue weighted by molar-refractivity contribution is 9.10. The standard InChI is InChI=1S/C12H9Br/c13-12-9-5-4-8-11(12)10-6-2-1-3-7-10/h1-9H/i1D,2D,3D,6D,7D. The van der Waals surface area contributed by atoms with E-state index in [9.17, 15) is 0 Å². The van der Waals surface area contributed by atoms with Crippen LogP contribution in [-0.4, -0.2) is 0 Å². The molecule has 0 nitrogen and oxygen atoms in total. The molecule has 0 aliphatic heterocycles. The zero-order valence-corrected chi connectivity index (χ0v) is 8.27. The summed E-state index contributed by atoms with van der Waals surface area (Å²) >= 11 is 3.33. The maximum absolute atomic E-state index is 7.88. The molecule has 13 heavy (non-hydrogen) atoms. The highest BCUT2D eigenvalue weighted by Crippen LogP contribution is 2.27. The van der Waals surface area contributed by atoms with Crippen molar-refractivity contribution < 1.29 is 6.85 Å². The van der Waals surface area contributed by atoms with Crippen LogP contribution in [0.25, 0.3) is 11.1 Å². The van der Waals surface area contributed by atoms with E-state index in [2.05, 4.69) is 15.9 Å². The lowest BCUT2D eigenvalue weighted by atomic mass is 10.1. The number of hydrogen-bond donors (Lipinski definition) is 0. The van der Waals surface area contributed by atoms with Crippen molar-refractivity contribution in [1.29, 1.82) is 0 Å². The van der Waals surface area contributed by atoms with Gasteiger partial charge >= 0.3 is 0 Å². The summed E-state index contributed by atoms with van der Waals surface area (Å²) in [4.78, 5) is 0. The predicted molar refractivity (Wildman–Crippen MR) is 59.6 cm³/mol. The fraction of sp³-hybridized carbons (Fsp3) is 0. The van der Waals surface area contributed by atoms with Crippen molar-refractivity contribution in [3.63, 3.8) is 0 Å². The van der Waals surface area contributed by atoms with Crippen LogP contribution in [0.4, 0.5) is 0 Å². The molecule has 0 radical (unpaired) electrons. The zero-order chi connectivity index (χ0) is 13.4. The third-order valence-electron chi connectivity index (χ3n) is 1.64. The van der Waals surface area contributed by atoms with Gasteiger partial charge in [-0.15, -0.1) is 0 Å². The Morgan fingerprint density at radius 1 is 1.00 bits per heavy atom. The molecule has 0 spiro atoms. The van der Waals surface area contributed by atoms with Crippen LogP contribution in [0.15, 0.2) is 59.0 Å². The zero-order valence-electron chi connectivity index (χ0n) is 11.7. The molecule has 0 N–H and O–H groups in total. The number of halogens is 1. The van der Waals surface area contributed by atoms with Gasteiger partial charge in [0.2, 0.25) is 0 Å². The Bertz CT molecular complexity index is 595. The summed E-state index contributed by atoms with van der Waals surface area (Å²) in [7, 11) is 0. The van der Waals surface area contributed by atoms with E-state index < -0.39 is 0 Å². The van der Waals surface area contributed by atoms with Gasteiger partial charge in [0.1, 0.15) is 0 Å². The molecule has 0 atom stereocenters. The van der Waals surface area contributed by atoms with Crippen molar-refractivity contribution in [2.75, 3.05) is 0 Å². The first-order chi connectivity index (χ1) is 8.45. The van der Waals surface area contributed by atoms with Gasteiger partial charge in [-0.2, -0.15) is 0 Å². The van der Waals surface area contributed by atoms with Gasteiger partial charge in [0.05, 0.1) is 6.85 Å². The lowest BCUT2D eigenvalue weighted by Crippen LogP contribution is -1.77. The molecule has 64 valence electrons. The maximum atomic E-state index is 7.88. The molecule has 2 aromatic carbocycles. The third kappa shape index (κ3) is 1.81. The summed E-state index contributed by atoms with van der Waals surface area (Å²) in [6.07, 6.45) is 0. The van der Waals surface area contributed by atoms with Gasteiger partial charge in [-0.1, -0.05) is 64.3 Å². The minimum absolute atomic E-state index is 0.187. The van der Waals surface area contributed by atoms with Crippen LogP contribution in [0.2, 0.25) is 0 Å². The van der Waals surface area contributed by atoms with Crippen molar-refractivity contribution in [2.45, 2.75) is 0 Å². The van der Waals surface area contributed by atoms with Gasteiger partial charge in [-0.25, -0.2) is 0 Å². The maximum Gasteiger partial charge on any atom is 0.0629 e. The Kier molecular flexibility index (Phi) is 1.28. The molecule has 0 saturated heterocycles. The lowest BCUT2D eigenvalue weighted by Gasteiger charge is -2.02. The van der Waals surface area contributed by atoms with Gasteiger partial charge < -0.3 is 0 Å². The second kappa shape index (κ2) is 3.75. The molecule has 0 aromatic heterocycles. The second-order valence-corrected chi connectivity index (χ2v) is 3.33. The first-order valence-electron chi connectivity index (χ1n) is 6.27. The molecule has 0 aliphatic carbocycles.